The van der Waals surface area contributed by atoms with Gasteiger partial charge < -0.3 is 14.5 Å². The van der Waals surface area contributed by atoms with Crippen molar-refractivity contribution in [2.24, 2.45) is 5.92 Å². The molecule has 0 aromatic carbocycles. The van der Waals surface area contributed by atoms with Gasteiger partial charge in [-0.15, -0.1) is 0 Å². The molecule has 4 rings (SSSR count). The lowest BCUT2D eigenvalue weighted by molar-refractivity contribution is -0.126. The number of furan rings is 1. The van der Waals surface area contributed by atoms with Crippen LogP contribution in [0.25, 0.3) is 0 Å². The number of nitrogens with zero attached hydrogens (tertiary/aromatic N) is 3. The number of amides is 1. The van der Waals surface area contributed by atoms with E-state index in [2.05, 4.69) is 15.3 Å². The molecular weight excluding hydrogens is 320 g/mol. The number of hydrogen-bond acceptors (Lipinski definition) is 5. The topological polar surface area (TPSA) is 72.5 Å². The van der Waals surface area contributed by atoms with Gasteiger partial charge in [-0.05, 0) is 37.0 Å². The van der Waals surface area contributed by atoms with Gasteiger partial charge in [0.15, 0.2) is 0 Å². The van der Waals surface area contributed by atoms with Gasteiger partial charge in [-0.1, -0.05) is 0 Å². The van der Waals surface area contributed by atoms with E-state index in [0.717, 1.165) is 50.6 Å². The number of carbonyl (C=O) groups excluding carboxylic acids is 1. The quantitative estimate of drug-likeness (QED) is 0.891. The summed E-state index contributed by atoms with van der Waals surface area (Å²) in [7, 11) is 0. The number of nitrogens with one attached hydrogen (secondary N) is 1. The van der Waals surface area contributed by atoms with E-state index >= 15 is 0 Å². The third-order valence-corrected chi connectivity index (χ3v) is 5.04. The molecule has 25 heavy (non-hydrogen) atoms. The molecule has 134 valence electrons. The third kappa shape index (κ3) is 3.77. The second kappa shape index (κ2) is 7.41. The van der Waals surface area contributed by atoms with E-state index in [0.29, 0.717) is 19.0 Å². The molecule has 1 saturated heterocycles. The zero-order valence-electron chi connectivity index (χ0n) is 14.3. The van der Waals surface area contributed by atoms with Crippen molar-refractivity contribution in [2.75, 3.05) is 26.3 Å². The maximum absolute atomic E-state index is 12.7. The highest BCUT2D eigenvalue weighted by Gasteiger charge is 2.32. The lowest BCUT2D eigenvalue weighted by Crippen LogP contribution is -2.46. The van der Waals surface area contributed by atoms with Crippen molar-refractivity contribution in [1.82, 2.24) is 20.0 Å². The molecule has 0 saturated carbocycles. The number of aromatic nitrogens is 2. The van der Waals surface area contributed by atoms with Gasteiger partial charge in [0, 0.05) is 39.0 Å². The Hall–Kier alpha value is -2.12. The van der Waals surface area contributed by atoms with Crippen molar-refractivity contribution in [1.29, 1.82) is 0 Å². The van der Waals surface area contributed by atoms with Gasteiger partial charge in [0.2, 0.25) is 5.91 Å². The smallest absolute Gasteiger partial charge is 0.246 e. The highest BCUT2D eigenvalue weighted by atomic mass is 16.5. The molecule has 0 bridgehead atoms. The van der Waals surface area contributed by atoms with Crippen LogP contribution in [0.3, 0.4) is 0 Å². The fraction of sp³-hybridized carbons (Fsp3) is 0.556. The van der Waals surface area contributed by atoms with Crippen LogP contribution in [0.5, 0.6) is 0 Å². The van der Waals surface area contributed by atoms with Gasteiger partial charge in [-0.2, -0.15) is 5.10 Å². The summed E-state index contributed by atoms with van der Waals surface area (Å²) in [5.41, 5.74) is 1.09. The molecule has 1 fully saturated rings. The van der Waals surface area contributed by atoms with E-state index in [1.165, 1.54) is 0 Å². The molecule has 2 aliphatic heterocycles. The highest BCUT2D eigenvalue weighted by Crippen LogP contribution is 2.24. The summed E-state index contributed by atoms with van der Waals surface area (Å²) in [6.45, 7) is 4.65. The fourth-order valence-corrected chi connectivity index (χ4v) is 3.70. The molecular formula is C18H24N4O3. The van der Waals surface area contributed by atoms with Crippen LogP contribution in [0, 0.1) is 5.92 Å². The Balaban J connectivity index is 1.42. The lowest BCUT2D eigenvalue weighted by Gasteiger charge is -2.36. The second-order valence-electron chi connectivity index (χ2n) is 6.83. The highest BCUT2D eigenvalue weighted by molar-refractivity contribution is 5.80. The third-order valence-electron chi connectivity index (χ3n) is 5.04. The number of ether oxygens (including phenoxy) is 1. The Labute approximate surface area is 146 Å². The first-order chi connectivity index (χ1) is 12.3. The van der Waals surface area contributed by atoms with Crippen molar-refractivity contribution in [3.63, 3.8) is 0 Å². The Morgan fingerprint density at radius 2 is 2.20 bits per heavy atom. The van der Waals surface area contributed by atoms with E-state index in [1.54, 1.807) is 12.5 Å². The molecule has 7 heteroatoms. The first kappa shape index (κ1) is 16.4. The zero-order valence-corrected chi connectivity index (χ0v) is 14.3. The van der Waals surface area contributed by atoms with Crippen LogP contribution in [0.15, 0.2) is 35.1 Å². The second-order valence-corrected chi connectivity index (χ2v) is 6.83. The molecule has 0 unspecified atom stereocenters. The van der Waals surface area contributed by atoms with Crippen LogP contribution >= 0.6 is 0 Å². The molecule has 0 spiro atoms. The summed E-state index contributed by atoms with van der Waals surface area (Å²) in [5, 5.41) is 7.34. The molecule has 1 atom stereocenters. The van der Waals surface area contributed by atoms with Crippen LogP contribution in [0.4, 0.5) is 0 Å². The van der Waals surface area contributed by atoms with E-state index in [4.69, 9.17) is 9.15 Å². The Morgan fingerprint density at radius 1 is 1.32 bits per heavy atom. The number of fused-ring (bicyclic) bond motifs is 1. The van der Waals surface area contributed by atoms with E-state index in [-0.39, 0.29) is 11.9 Å². The predicted octanol–water partition coefficient (Wildman–Crippen LogP) is 1.58. The normalized spacial score (nSPS) is 21.8. The molecule has 1 N–H and O–H groups in total. The molecule has 7 nitrogen and oxygen atoms in total. The first-order valence-electron chi connectivity index (χ1n) is 8.92. The van der Waals surface area contributed by atoms with Crippen molar-refractivity contribution < 1.29 is 13.9 Å². The van der Waals surface area contributed by atoms with Crippen molar-refractivity contribution >= 4 is 5.91 Å². The van der Waals surface area contributed by atoms with Gasteiger partial charge in [0.25, 0.3) is 0 Å². The van der Waals surface area contributed by atoms with Crippen molar-refractivity contribution in [3.8, 4) is 0 Å². The number of rotatable bonds is 5. The lowest BCUT2D eigenvalue weighted by atomic mass is 9.99. The fourth-order valence-electron chi connectivity index (χ4n) is 3.70. The average Bonchev–Trinajstić information content (AvgIpc) is 3.31. The molecule has 4 heterocycles. The van der Waals surface area contributed by atoms with Gasteiger partial charge in [-0.25, -0.2) is 0 Å². The van der Waals surface area contributed by atoms with E-state index in [9.17, 15) is 4.79 Å². The predicted molar refractivity (Wildman–Crippen MR) is 90.6 cm³/mol. The Bertz CT molecular complexity index is 691. The Morgan fingerprint density at radius 3 is 3.00 bits per heavy atom. The minimum absolute atomic E-state index is 0.0157. The van der Waals surface area contributed by atoms with Crippen LogP contribution in [0.2, 0.25) is 0 Å². The molecule has 0 radical (unpaired) electrons. The summed E-state index contributed by atoms with van der Waals surface area (Å²) >= 11 is 0. The SMILES string of the molecule is O=C(NCc1ccco1)[C@@H]1CN(CC2CCOCC2)Cc2ccnn21. The first-order valence-corrected chi connectivity index (χ1v) is 8.92. The van der Waals surface area contributed by atoms with Crippen molar-refractivity contribution in [3.05, 3.63) is 42.1 Å². The molecule has 2 aromatic heterocycles. The summed E-state index contributed by atoms with van der Waals surface area (Å²) in [4.78, 5) is 15.1. The standard InChI is InChI=1S/C18H24N4O3/c23-18(19-10-16-2-1-7-25-16)17-13-21(11-14-4-8-24-9-5-14)12-15-3-6-20-22(15)17/h1-3,6-7,14,17H,4-5,8-13H2,(H,19,23)/t17-/m0/s1. The minimum atomic E-state index is -0.298. The zero-order chi connectivity index (χ0) is 17.1. The summed E-state index contributed by atoms with van der Waals surface area (Å²) in [5.74, 6) is 1.39. The van der Waals surface area contributed by atoms with Crippen LogP contribution in [0.1, 0.15) is 30.3 Å². The summed E-state index contributed by atoms with van der Waals surface area (Å²) in [6, 6.07) is 5.39. The van der Waals surface area contributed by atoms with Crippen LogP contribution in [-0.4, -0.2) is 46.9 Å². The maximum atomic E-state index is 12.7. The summed E-state index contributed by atoms with van der Waals surface area (Å²) < 4.78 is 12.6. The maximum Gasteiger partial charge on any atom is 0.246 e. The van der Waals surface area contributed by atoms with Gasteiger partial charge >= 0.3 is 0 Å². The van der Waals surface area contributed by atoms with Gasteiger partial charge in [0.1, 0.15) is 11.8 Å². The summed E-state index contributed by atoms with van der Waals surface area (Å²) in [6.07, 6.45) is 5.60. The van der Waals surface area contributed by atoms with E-state index in [1.807, 2.05) is 22.9 Å². The van der Waals surface area contributed by atoms with Crippen LogP contribution < -0.4 is 5.32 Å². The number of carbonyl (C=O) groups is 1. The molecule has 2 aliphatic rings. The largest absolute Gasteiger partial charge is 0.467 e. The van der Waals surface area contributed by atoms with E-state index < -0.39 is 0 Å². The number of hydrogen-bond donors (Lipinski definition) is 1. The molecule has 1 amide bonds. The Kier molecular flexibility index (Phi) is 4.85. The minimum Gasteiger partial charge on any atom is -0.467 e. The monoisotopic (exact) mass is 344 g/mol. The van der Waals surface area contributed by atoms with Gasteiger partial charge in [-0.3, -0.25) is 14.4 Å². The average molecular weight is 344 g/mol. The molecule has 2 aromatic rings. The molecule has 0 aliphatic carbocycles. The van der Waals surface area contributed by atoms with Crippen LogP contribution in [-0.2, 0) is 22.6 Å². The van der Waals surface area contributed by atoms with Crippen molar-refractivity contribution in [2.45, 2.75) is 32.0 Å². The van der Waals surface area contributed by atoms with Gasteiger partial charge in [0.05, 0.1) is 18.5 Å².